The standard InChI is InChI=1S/C36H39Cl2N5O3S/c1-3-4-15-39-35(46)42-18-16-41(17-19-42)34(45)36(47-28-12-5-24(2)6-13-28)21-32(44)43(23-25-7-9-26(37)10-8-25)33(36)30-22-40-31-20-27(38)11-14-29(30)31/h5-14,20,22,33,40H,3-4,15-19,21,23H2,1-2H3,(H,39,46). The molecule has 2 N–H and O–H groups in total. The topological polar surface area (TPSA) is 88.8 Å². The lowest BCUT2D eigenvalue weighted by atomic mass is 9.90. The van der Waals surface area contributed by atoms with Gasteiger partial charge in [-0.1, -0.05) is 72.4 Å². The summed E-state index contributed by atoms with van der Waals surface area (Å²) in [5.41, 5.74) is 3.72. The third kappa shape index (κ3) is 6.98. The van der Waals surface area contributed by atoms with Crippen LogP contribution in [0.15, 0.2) is 77.8 Å². The molecule has 2 aliphatic rings. The zero-order valence-electron chi connectivity index (χ0n) is 26.6. The number of amides is 4. The molecule has 0 bridgehead atoms. The third-order valence-corrected chi connectivity index (χ3v) is 11.0. The number of fused-ring (bicyclic) bond motifs is 1. The van der Waals surface area contributed by atoms with Crippen molar-refractivity contribution in [3.63, 3.8) is 0 Å². The number of thioether (sulfide) groups is 1. The average molecular weight is 693 g/mol. The summed E-state index contributed by atoms with van der Waals surface area (Å²) >= 11 is 14.0. The zero-order valence-corrected chi connectivity index (χ0v) is 28.9. The lowest BCUT2D eigenvalue weighted by Crippen LogP contribution is -2.58. The molecule has 3 heterocycles. The van der Waals surface area contributed by atoms with Gasteiger partial charge in [-0.2, -0.15) is 0 Å². The highest BCUT2D eigenvalue weighted by atomic mass is 35.5. The summed E-state index contributed by atoms with van der Waals surface area (Å²) in [6, 6.07) is 20.5. The van der Waals surface area contributed by atoms with Gasteiger partial charge in [0.2, 0.25) is 11.8 Å². The van der Waals surface area contributed by atoms with E-state index in [0.717, 1.165) is 45.3 Å². The molecule has 2 fully saturated rings. The molecule has 6 rings (SSSR count). The Morgan fingerprint density at radius 1 is 0.957 bits per heavy atom. The Balaban J connectivity index is 1.41. The van der Waals surface area contributed by atoms with Gasteiger partial charge in [0.05, 0.1) is 12.5 Å². The van der Waals surface area contributed by atoms with E-state index in [2.05, 4.69) is 17.2 Å². The molecule has 246 valence electrons. The van der Waals surface area contributed by atoms with Gasteiger partial charge in [-0.3, -0.25) is 9.59 Å². The van der Waals surface area contributed by atoms with Crippen LogP contribution >= 0.6 is 35.0 Å². The number of likely N-dealkylation sites (tertiary alicyclic amines) is 1. The minimum Gasteiger partial charge on any atom is -0.361 e. The number of unbranched alkanes of at least 4 members (excludes halogenated alkanes) is 1. The van der Waals surface area contributed by atoms with Gasteiger partial charge < -0.3 is 25.0 Å². The van der Waals surface area contributed by atoms with Crippen LogP contribution in [0.3, 0.4) is 0 Å². The molecule has 4 aromatic rings. The van der Waals surface area contributed by atoms with Crippen molar-refractivity contribution in [1.29, 1.82) is 0 Å². The molecular formula is C36H39Cl2N5O3S. The molecule has 0 radical (unpaired) electrons. The van der Waals surface area contributed by atoms with Crippen molar-refractivity contribution in [1.82, 2.24) is 25.0 Å². The maximum atomic E-state index is 15.1. The van der Waals surface area contributed by atoms with Crippen molar-refractivity contribution in [3.05, 3.63) is 99.7 Å². The highest BCUT2D eigenvalue weighted by molar-refractivity contribution is 8.01. The van der Waals surface area contributed by atoms with Crippen molar-refractivity contribution in [2.24, 2.45) is 0 Å². The molecule has 0 spiro atoms. The Bertz CT molecular complexity index is 1750. The molecule has 3 aromatic carbocycles. The summed E-state index contributed by atoms with van der Waals surface area (Å²) in [4.78, 5) is 51.9. The number of aromatic amines is 1. The number of rotatable bonds is 9. The monoisotopic (exact) mass is 691 g/mol. The van der Waals surface area contributed by atoms with E-state index in [0.29, 0.717) is 49.3 Å². The lowest BCUT2D eigenvalue weighted by molar-refractivity contribution is -0.136. The quantitative estimate of drug-likeness (QED) is 0.179. The SMILES string of the molecule is CCCCNC(=O)N1CCN(C(=O)C2(Sc3ccc(C)cc3)CC(=O)N(Cc3ccc(Cl)cc3)C2c2c[nH]c3cc(Cl)ccc23)CC1. The number of hydrogen-bond donors (Lipinski definition) is 2. The average Bonchev–Trinajstić information content (AvgIpc) is 3.60. The third-order valence-electron chi connectivity index (χ3n) is 9.07. The van der Waals surface area contributed by atoms with Gasteiger partial charge in [0, 0.05) is 76.9 Å². The zero-order chi connectivity index (χ0) is 33.1. The predicted molar refractivity (Wildman–Crippen MR) is 189 cm³/mol. The predicted octanol–water partition coefficient (Wildman–Crippen LogP) is 7.44. The summed E-state index contributed by atoms with van der Waals surface area (Å²) in [7, 11) is 0. The fourth-order valence-electron chi connectivity index (χ4n) is 6.56. The number of urea groups is 1. The molecule has 0 saturated carbocycles. The van der Waals surface area contributed by atoms with Crippen LogP contribution in [-0.4, -0.2) is 75.0 Å². The Kier molecular flexibility index (Phi) is 10.1. The van der Waals surface area contributed by atoms with E-state index in [4.69, 9.17) is 23.2 Å². The number of nitrogens with zero attached hydrogens (tertiary/aromatic N) is 3. The van der Waals surface area contributed by atoms with E-state index in [1.54, 1.807) is 4.90 Å². The van der Waals surface area contributed by atoms with Gasteiger partial charge in [-0.05, 0) is 55.3 Å². The van der Waals surface area contributed by atoms with Crippen LogP contribution in [0.2, 0.25) is 10.0 Å². The number of aromatic nitrogens is 1. The van der Waals surface area contributed by atoms with Gasteiger partial charge in [0.1, 0.15) is 4.75 Å². The summed E-state index contributed by atoms with van der Waals surface area (Å²) < 4.78 is -1.18. The number of carbonyl (C=O) groups is 3. The molecule has 0 aliphatic carbocycles. The fraction of sp³-hybridized carbons (Fsp3) is 0.361. The van der Waals surface area contributed by atoms with Crippen molar-refractivity contribution in [2.45, 2.75) is 55.3 Å². The molecule has 2 saturated heterocycles. The van der Waals surface area contributed by atoms with Crippen molar-refractivity contribution in [3.8, 4) is 0 Å². The molecule has 1 aromatic heterocycles. The van der Waals surface area contributed by atoms with Crippen molar-refractivity contribution < 1.29 is 14.4 Å². The van der Waals surface area contributed by atoms with E-state index >= 15 is 4.79 Å². The molecule has 11 heteroatoms. The molecule has 47 heavy (non-hydrogen) atoms. The van der Waals surface area contributed by atoms with E-state index in [-0.39, 0.29) is 24.3 Å². The normalized spacial score (nSPS) is 19.9. The minimum atomic E-state index is -1.18. The van der Waals surface area contributed by atoms with Crippen molar-refractivity contribution in [2.75, 3.05) is 32.7 Å². The molecular weight excluding hydrogens is 653 g/mol. The maximum Gasteiger partial charge on any atom is 0.317 e. The number of piperazine rings is 1. The van der Waals surface area contributed by atoms with E-state index in [9.17, 15) is 9.59 Å². The highest BCUT2D eigenvalue weighted by Crippen LogP contribution is 2.55. The second-order valence-electron chi connectivity index (χ2n) is 12.3. The fourth-order valence-corrected chi connectivity index (χ4v) is 8.33. The largest absolute Gasteiger partial charge is 0.361 e. The van der Waals surface area contributed by atoms with E-state index in [1.807, 2.05) is 89.7 Å². The second-order valence-corrected chi connectivity index (χ2v) is 14.6. The van der Waals surface area contributed by atoms with E-state index in [1.165, 1.54) is 11.8 Å². The first-order valence-corrected chi connectivity index (χ1v) is 17.6. The number of H-pyrrole nitrogens is 1. The number of hydrogen-bond acceptors (Lipinski definition) is 4. The van der Waals surface area contributed by atoms with Crippen LogP contribution < -0.4 is 5.32 Å². The Morgan fingerprint density at radius 3 is 2.34 bits per heavy atom. The van der Waals surface area contributed by atoms with Crippen LogP contribution in [0.4, 0.5) is 4.79 Å². The van der Waals surface area contributed by atoms with Gasteiger partial charge in [-0.15, -0.1) is 11.8 Å². The molecule has 2 aliphatic heterocycles. The van der Waals surface area contributed by atoms with Gasteiger partial charge in [0.25, 0.3) is 0 Å². The number of nitrogens with one attached hydrogen (secondary N) is 2. The Hall–Kier alpha value is -3.66. The van der Waals surface area contributed by atoms with Crippen LogP contribution in [0.1, 0.15) is 48.9 Å². The Morgan fingerprint density at radius 2 is 1.64 bits per heavy atom. The summed E-state index contributed by atoms with van der Waals surface area (Å²) in [6.45, 7) is 6.69. The van der Waals surface area contributed by atoms with Gasteiger partial charge >= 0.3 is 6.03 Å². The summed E-state index contributed by atoms with van der Waals surface area (Å²) in [6.07, 6.45) is 3.86. The smallest absolute Gasteiger partial charge is 0.317 e. The first-order valence-electron chi connectivity index (χ1n) is 16.1. The van der Waals surface area contributed by atoms with Crippen LogP contribution in [0.25, 0.3) is 10.9 Å². The number of halogens is 2. The Labute approximate surface area is 289 Å². The van der Waals surface area contributed by atoms with Gasteiger partial charge in [0.15, 0.2) is 0 Å². The molecule has 4 amide bonds. The van der Waals surface area contributed by atoms with E-state index < -0.39 is 10.8 Å². The molecule has 2 unspecified atom stereocenters. The van der Waals surface area contributed by atoms with Crippen molar-refractivity contribution >= 4 is 63.7 Å². The first-order chi connectivity index (χ1) is 22.7. The first kappa shape index (κ1) is 33.2. The second kappa shape index (κ2) is 14.2. The van der Waals surface area contributed by atoms with Crippen LogP contribution in [-0.2, 0) is 16.1 Å². The van der Waals surface area contributed by atoms with Crippen LogP contribution in [0.5, 0.6) is 0 Å². The summed E-state index contributed by atoms with van der Waals surface area (Å²) in [5, 5.41) is 5.11. The van der Waals surface area contributed by atoms with Gasteiger partial charge in [-0.25, -0.2) is 4.79 Å². The molecule has 2 atom stereocenters. The minimum absolute atomic E-state index is 0.0284. The number of carbonyl (C=O) groups excluding carboxylic acids is 3. The maximum absolute atomic E-state index is 15.1. The molecule has 8 nitrogen and oxygen atoms in total. The summed E-state index contributed by atoms with van der Waals surface area (Å²) in [5.74, 6) is -0.204. The highest BCUT2D eigenvalue weighted by Gasteiger charge is 2.59. The number of benzene rings is 3. The van der Waals surface area contributed by atoms with Crippen LogP contribution in [0, 0.1) is 6.92 Å². The lowest BCUT2D eigenvalue weighted by Gasteiger charge is -2.42. The number of aryl methyl sites for hydroxylation is 1.